The van der Waals surface area contributed by atoms with Crippen LogP contribution >= 0.6 is 11.3 Å². The highest BCUT2D eigenvalue weighted by Crippen LogP contribution is 2.32. The van der Waals surface area contributed by atoms with Gasteiger partial charge < -0.3 is 10.3 Å². The van der Waals surface area contributed by atoms with E-state index in [0.29, 0.717) is 22.8 Å². The monoisotopic (exact) mass is 431 g/mol. The van der Waals surface area contributed by atoms with Crippen LogP contribution in [0.25, 0.3) is 22.6 Å². The van der Waals surface area contributed by atoms with Crippen molar-refractivity contribution in [2.24, 2.45) is 0 Å². The molecule has 4 aromatic rings. The number of hydrogen-bond donors (Lipinski definition) is 2. The molecule has 3 aromatic heterocycles. The summed E-state index contributed by atoms with van der Waals surface area (Å²) in [7, 11) is 1.77. The number of alkyl halides is 3. The van der Waals surface area contributed by atoms with Crippen LogP contribution in [-0.2, 0) is 6.18 Å². The third-order valence-corrected chi connectivity index (χ3v) is 4.55. The van der Waals surface area contributed by atoms with E-state index in [-0.39, 0.29) is 0 Å². The summed E-state index contributed by atoms with van der Waals surface area (Å²) < 4.78 is 38.3. The van der Waals surface area contributed by atoms with Gasteiger partial charge in [0, 0.05) is 29.8 Å². The minimum Gasteiger partial charge on any atom is -0.373 e. The van der Waals surface area contributed by atoms with Gasteiger partial charge in [-0.25, -0.2) is 15.0 Å². The van der Waals surface area contributed by atoms with Gasteiger partial charge in [-0.2, -0.15) is 13.2 Å². The smallest absolute Gasteiger partial charge is 0.373 e. The van der Waals surface area contributed by atoms with Crippen molar-refractivity contribution in [1.29, 1.82) is 0 Å². The lowest BCUT2D eigenvalue weighted by atomic mass is 10.1. The fraction of sp³-hybridized carbons (Fsp3) is 0.100. The van der Waals surface area contributed by atoms with Crippen LogP contribution in [0.3, 0.4) is 0 Å². The molecule has 10 heteroatoms. The van der Waals surface area contributed by atoms with Crippen LogP contribution in [0.2, 0.25) is 0 Å². The van der Waals surface area contributed by atoms with E-state index in [0.717, 1.165) is 29.8 Å². The number of carbonyl (C=O) groups is 1. The van der Waals surface area contributed by atoms with E-state index in [4.69, 9.17) is 0 Å². The molecule has 0 aliphatic carbocycles. The normalized spacial score (nSPS) is 10.8. The van der Waals surface area contributed by atoms with Crippen molar-refractivity contribution < 1.29 is 18.0 Å². The molecule has 0 unspecified atom stereocenters. The molecular weight excluding hydrogens is 415 g/mol. The summed E-state index contributed by atoms with van der Waals surface area (Å²) in [5, 5.41) is 4.61. The van der Waals surface area contributed by atoms with E-state index >= 15 is 0 Å². The minimum atomic E-state index is -4.38. The molecule has 3 heterocycles. The lowest BCUT2D eigenvalue weighted by molar-refractivity contribution is -0.137. The summed E-state index contributed by atoms with van der Waals surface area (Å²) in [4.78, 5) is 24.9. The predicted molar refractivity (Wildman–Crippen MR) is 109 cm³/mol. The number of nitrogens with one attached hydrogen (secondary N) is 2. The van der Waals surface area contributed by atoms with Crippen LogP contribution in [-0.4, -0.2) is 33.3 Å². The summed E-state index contributed by atoms with van der Waals surface area (Å²) in [5.41, 5.74) is 3.31. The third kappa shape index (κ3) is 5.29. The first-order valence-corrected chi connectivity index (χ1v) is 9.55. The maximum Gasteiger partial charge on any atom is 0.416 e. The lowest BCUT2D eigenvalue weighted by Gasteiger charge is -2.07. The number of aromatic nitrogens is 4. The van der Waals surface area contributed by atoms with Crippen molar-refractivity contribution in [2.75, 3.05) is 12.4 Å². The van der Waals surface area contributed by atoms with Gasteiger partial charge in [-0.05, 0) is 24.3 Å². The highest BCUT2D eigenvalue weighted by atomic mass is 32.1. The Balaban J connectivity index is 0.000000310. The number of thiazole rings is 1. The van der Waals surface area contributed by atoms with Gasteiger partial charge in [0.05, 0.1) is 23.0 Å². The molecule has 0 aliphatic heterocycles. The SMILES string of the molecule is CNc1ccc(-c2cnc(-c3cccc(C(F)(F)F)c3)[nH]2)cn1.O=Cc1cscn1. The Morgan fingerprint density at radius 2 is 1.90 bits per heavy atom. The van der Waals surface area contributed by atoms with Gasteiger partial charge in [-0.3, -0.25) is 4.79 Å². The Morgan fingerprint density at radius 1 is 1.07 bits per heavy atom. The molecule has 4 rings (SSSR count). The summed E-state index contributed by atoms with van der Waals surface area (Å²) >= 11 is 1.42. The number of imidazole rings is 1. The van der Waals surface area contributed by atoms with Gasteiger partial charge in [0.2, 0.25) is 0 Å². The van der Waals surface area contributed by atoms with Crippen molar-refractivity contribution >= 4 is 23.4 Å². The topological polar surface area (TPSA) is 83.6 Å². The van der Waals surface area contributed by atoms with Gasteiger partial charge in [0.15, 0.2) is 6.29 Å². The van der Waals surface area contributed by atoms with E-state index in [1.54, 1.807) is 42.5 Å². The lowest BCUT2D eigenvalue weighted by Crippen LogP contribution is -2.04. The van der Waals surface area contributed by atoms with E-state index in [1.165, 1.54) is 17.4 Å². The van der Waals surface area contributed by atoms with Crippen LogP contribution in [0, 0.1) is 0 Å². The molecule has 6 nitrogen and oxygen atoms in total. The highest BCUT2D eigenvalue weighted by Gasteiger charge is 2.30. The number of halogens is 3. The van der Waals surface area contributed by atoms with E-state index in [9.17, 15) is 18.0 Å². The molecule has 0 aliphatic rings. The molecule has 0 saturated carbocycles. The summed E-state index contributed by atoms with van der Waals surface area (Å²) in [5.74, 6) is 1.11. The standard InChI is InChI=1S/C16H13F3N4.C4H3NOS/c1-20-14-6-5-11(8-21-14)13-9-22-15(23-13)10-3-2-4-12(7-10)16(17,18)19;6-1-4-2-7-3-5-4/h2-9H,1H3,(H,20,21)(H,22,23);1-3H. The molecule has 0 fully saturated rings. The maximum atomic E-state index is 12.8. The molecule has 0 radical (unpaired) electrons. The number of nitrogens with zero attached hydrogens (tertiary/aromatic N) is 3. The van der Waals surface area contributed by atoms with Crippen molar-refractivity contribution in [3.8, 4) is 22.6 Å². The van der Waals surface area contributed by atoms with Crippen molar-refractivity contribution in [3.05, 3.63) is 70.9 Å². The number of aromatic amines is 1. The second kappa shape index (κ2) is 9.31. The second-order valence-corrected chi connectivity index (χ2v) is 6.66. The van der Waals surface area contributed by atoms with E-state index in [2.05, 4.69) is 25.3 Å². The summed E-state index contributed by atoms with van der Waals surface area (Å²) in [6, 6.07) is 8.71. The number of carbonyl (C=O) groups excluding carboxylic acids is 1. The Labute approximate surface area is 173 Å². The summed E-state index contributed by atoms with van der Waals surface area (Å²) in [6.07, 6.45) is -0.407. The molecular formula is C20H16F3N5OS. The molecule has 1 aromatic carbocycles. The Hall–Kier alpha value is -3.53. The predicted octanol–water partition coefficient (Wildman–Crippen LogP) is 5.15. The van der Waals surface area contributed by atoms with Gasteiger partial charge >= 0.3 is 6.18 Å². The first-order valence-electron chi connectivity index (χ1n) is 8.61. The van der Waals surface area contributed by atoms with Crippen molar-refractivity contribution in [3.63, 3.8) is 0 Å². The van der Waals surface area contributed by atoms with Crippen LogP contribution in [0.15, 0.2) is 59.7 Å². The maximum absolute atomic E-state index is 12.8. The van der Waals surface area contributed by atoms with Crippen molar-refractivity contribution in [1.82, 2.24) is 19.9 Å². The number of benzene rings is 1. The fourth-order valence-corrected chi connectivity index (χ4v) is 2.94. The van der Waals surface area contributed by atoms with Crippen LogP contribution in [0.5, 0.6) is 0 Å². The van der Waals surface area contributed by atoms with Crippen LogP contribution < -0.4 is 5.32 Å². The van der Waals surface area contributed by atoms with E-state index < -0.39 is 11.7 Å². The molecule has 2 N–H and O–H groups in total. The number of rotatable bonds is 4. The molecule has 154 valence electrons. The number of H-pyrrole nitrogens is 1. The van der Waals surface area contributed by atoms with Gasteiger partial charge in [-0.15, -0.1) is 11.3 Å². The molecule has 0 amide bonds. The number of anilines is 1. The molecule has 0 spiro atoms. The zero-order valence-electron chi connectivity index (χ0n) is 15.6. The van der Waals surface area contributed by atoms with Crippen LogP contribution in [0.4, 0.5) is 19.0 Å². The Bertz CT molecular complexity index is 1090. The average Bonchev–Trinajstić information content (AvgIpc) is 3.46. The van der Waals surface area contributed by atoms with Gasteiger partial charge in [0.25, 0.3) is 0 Å². The molecule has 0 bridgehead atoms. The van der Waals surface area contributed by atoms with Crippen LogP contribution in [0.1, 0.15) is 16.1 Å². The van der Waals surface area contributed by atoms with Gasteiger partial charge in [-0.1, -0.05) is 12.1 Å². The number of aldehydes is 1. The zero-order chi connectivity index (χ0) is 21.6. The highest BCUT2D eigenvalue weighted by molar-refractivity contribution is 7.07. The number of pyridine rings is 1. The average molecular weight is 431 g/mol. The van der Waals surface area contributed by atoms with E-state index in [1.807, 2.05) is 6.07 Å². The van der Waals surface area contributed by atoms with Gasteiger partial charge in [0.1, 0.15) is 17.3 Å². The molecule has 0 saturated heterocycles. The zero-order valence-corrected chi connectivity index (χ0v) is 16.5. The van der Waals surface area contributed by atoms with Crippen molar-refractivity contribution in [2.45, 2.75) is 6.18 Å². The number of hydrogen-bond acceptors (Lipinski definition) is 6. The molecule has 0 atom stereocenters. The quantitative estimate of drug-likeness (QED) is 0.437. The first-order chi connectivity index (χ1) is 14.4. The second-order valence-electron chi connectivity index (χ2n) is 5.94. The Kier molecular flexibility index (Phi) is 6.58. The minimum absolute atomic E-state index is 0.379. The Morgan fingerprint density at radius 3 is 2.47 bits per heavy atom. The third-order valence-electron chi connectivity index (χ3n) is 3.94. The summed E-state index contributed by atoms with van der Waals surface area (Å²) in [6.45, 7) is 0. The largest absolute Gasteiger partial charge is 0.416 e. The molecule has 30 heavy (non-hydrogen) atoms. The first kappa shape index (κ1) is 21.2. The fourth-order valence-electron chi connectivity index (χ4n) is 2.44.